The highest BCUT2D eigenvalue weighted by Gasteiger charge is 2.12. The van der Waals surface area contributed by atoms with Crippen molar-refractivity contribution >= 4 is 23.8 Å². The summed E-state index contributed by atoms with van der Waals surface area (Å²) >= 11 is 5.92. The minimum atomic E-state index is -0.546. The molecule has 0 saturated carbocycles. The number of benzene rings is 3. The van der Waals surface area contributed by atoms with Gasteiger partial charge in [-0.1, -0.05) is 66.2 Å². The molecule has 0 aliphatic rings. The van der Waals surface area contributed by atoms with Crippen LogP contribution in [0, 0.1) is 11.3 Å². The molecule has 1 aromatic heterocycles. The first-order valence-corrected chi connectivity index (χ1v) is 10.4. The molecule has 33 heavy (non-hydrogen) atoms. The van der Waals surface area contributed by atoms with Gasteiger partial charge >= 0.3 is 0 Å². The number of nitrogens with one attached hydrogen (secondary N) is 2. The first-order valence-electron chi connectivity index (χ1n) is 9.99. The van der Waals surface area contributed by atoms with Crippen LogP contribution in [0.15, 0.2) is 88.8 Å². The number of hydrazone groups is 1. The van der Waals surface area contributed by atoms with Gasteiger partial charge in [-0.2, -0.15) is 10.4 Å². The van der Waals surface area contributed by atoms with Crippen LogP contribution >= 0.6 is 11.6 Å². The molecule has 0 aliphatic heterocycles. The number of para-hydroxylation sites is 1. The van der Waals surface area contributed by atoms with Crippen molar-refractivity contribution in [3.63, 3.8) is 0 Å². The van der Waals surface area contributed by atoms with E-state index in [1.807, 2.05) is 72.8 Å². The highest BCUT2D eigenvalue weighted by Crippen LogP contribution is 2.20. The number of nitriles is 1. The van der Waals surface area contributed by atoms with Crippen LogP contribution in [-0.2, 0) is 6.61 Å². The van der Waals surface area contributed by atoms with Crippen LogP contribution in [-0.4, -0.2) is 16.2 Å². The van der Waals surface area contributed by atoms with Crippen molar-refractivity contribution in [1.82, 2.24) is 9.97 Å². The maximum atomic E-state index is 12.4. The van der Waals surface area contributed by atoms with Gasteiger partial charge in [0.25, 0.3) is 5.56 Å². The van der Waals surface area contributed by atoms with Crippen molar-refractivity contribution in [3.8, 4) is 23.1 Å². The Morgan fingerprint density at radius 1 is 1.06 bits per heavy atom. The number of anilines is 1. The zero-order valence-corrected chi connectivity index (χ0v) is 18.1. The van der Waals surface area contributed by atoms with Crippen LogP contribution in [0.5, 0.6) is 5.75 Å². The van der Waals surface area contributed by atoms with Crippen LogP contribution in [0.3, 0.4) is 0 Å². The normalized spacial score (nSPS) is 10.7. The fraction of sp³-hybridized carbons (Fsp3) is 0.0400. The van der Waals surface area contributed by atoms with Gasteiger partial charge in [0.1, 0.15) is 24.0 Å². The molecule has 8 heteroatoms. The molecule has 2 N–H and O–H groups in total. The smallest absolute Gasteiger partial charge is 0.270 e. The van der Waals surface area contributed by atoms with Crippen molar-refractivity contribution in [2.75, 3.05) is 5.43 Å². The summed E-state index contributed by atoms with van der Waals surface area (Å²) in [6.45, 7) is 0.375. The highest BCUT2D eigenvalue weighted by molar-refractivity contribution is 6.30. The summed E-state index contributed by atoms with van der Waals surface area (Å²) < 4.78 is 5.92. The molecule has 4 rings (SSSR count). The van der Waals surface area contributed by atoms with E-state index in [9.17, 15) is 10.1 Å². The minimum absolute atomic E-state index is 0.0586. The van der Waals surface area contributed by atoms with Gasteiger partial charge in [-0.25, -0.2) is 10.4 Å². The van der Waals surface area contributed by atoms with Gasteiger partial charge in [0, 0.05) is 16.1 Å². The van der Waals surface area contributed by atoms with Gasteiger partial charge in [-0.3, -0.25) is 9.78 Å². The van der Waals surface area contributed by atoms with E-state index in [0.717, 1.165) is 11.1 Å². The lowest BCUT2D eigenvalue weighted by atomic mass is 10.1. The predicted molar refractivity (Wildman–Crippen MR) is 128 cm³/mol. The van der Waals surface area contributed by atoms with Crippen LogP contribution in [0.4, 0.5) is 5.95 Å². The second-order valence-corrected chi connectivity index (χ2v) is 7.38. The molecule has 0 spiro atoms. The molecule has 162 valence electrons. The van der Waals surface area contributed by atoms with Crippen LogP contribution < -0.4 is 15.7 Å². The number of halogens is 1. The third-order valence-corrected chi connectivity index (χ3v) is 4.93. The largest absolute Gasteiger partial charge is 0.488 e. The summed E-state index contributed by atoms with van der Waals surface area (Å²) in [6.07, 6.45) is 1.57. The molecule has 4 aromatic rings. The minimum Gasteiger partial charge on any atom is -0.488 e. The Morgan fingerprint density at radius 3 is 2.55 bits per heavy atom. The first kappa shape index (κ1) is 21.8. The zero-order valence-electron chi connectivity index (χ0n) is 17.3. The molecule has 0 amide bonds. The quantitative estimate of drug-likeness (QED) is 0.302. The number of hydrogen-bond donors (Lipinski definition) is 2. The maximum Gasteiger partial charge on any atom is 0.270 e. The summed E-state index contributed by atoms with van der Waals surface area (Å²) in [7, 11) is 0. The summed E-state index contributed by atoms with van der Waals surface area (Å²) in [5.41, 5.74) is 4.78. The van der Waals surface area contributed by atoms with Crippen molar-refractivity contribution in [1.29, 1.82) is 5.26 Å². The molecule has 0 bridgehead atoms. The number of aromatic amines is 1. The Bertz CT molecular complexity index is 1380. The lowest BCUT2D eigenvalue weighted by molar-refractivity contribution is 0.306. The molecule has 0 aliphatic carbocycles. The number of hydrogen-bond acceptors (Lipinski definition) is 6. The zero-order chi connectivity index (χ0) is 23.0. The van der Waals surface area contributed by atoms with E-state index in [2.05, 4.69) is 20.5 Å². The lowest BCUT2D eigenvalue weighted by Gasteiger charge is -2.09. The van der Waals surface area contributed by atoms with Crippen molar-refractivity contribution < 1.29 is 4.74 Å². The van der Waals surface area contributed by atoms with Crippen LogP contribution in [0.2, 0.25) is 5.02 Å². The fourth-order valence-electron chi connectivity index (χ4n) is 3.06. The van der Waals surface area contributed by atoms with E-state index in [0.29, 0.717) is 22.9 Å². The number of nitrogens with zero attached hydrogens (tertiary/aromatic N) is 3. The third-order valence-electron chi connectivity index (χ3n) is 4.68. The van der Waals surface area contributed by atoms with Gasteiger partial charge in [-0.05, 0) is 29.8 Å². The number of ether oxygens (including phenoxy) is 1. The number of rotatable bonds is 7. The Balaban J connectivity index is 1.52. The van der Waals surface area contributed by atoms with Crippen LogP contribution in [0.25, 0.3) is 11.3 Å². The van der Waals surface area contributed by atoms with E-state index in [4.69, 9.17) is 16.3 Å². The maximum absolute atomic E-state index is 12.4. The van der Waals surface area contributed by atoms with E-state index < -0.39 is 5.56 Å². The van der Waals surface area contributed by atoms with Crippen molar-refractivity contribution in [3.05, 3.63) is 111 Å². The fourth-order valence-corrected chi connectivity index (χ4v) is 3.18. The highest BCUT2D eigenvalue weighted by atomic mass is 35.5. The molecule has 0 radical (unpaired) electrons. The molecule has 7 nitrogen and oxygen atoms in total. The van der Waals surface area contributed by atoms with E-state index in [1.54, 1.807) is 18.3 Å². The molecule has 0 unspecified atom stereocenters. The SMILES string of the molecule is N#Cc1c(-c2ccccc2)nc(NN=Cc2ccccc2OCc2ccc(Cl)cc2)[nH]c1=O. The van der Waals surface area contributed by atoms with Gasteiger partial charge in [0.15, 0.2) is 0 Å². The van der Waals surface area contributed by atoms with Crippen LogP contribution in [0.1, 0.15) is 16.7 Å². The Hall–Kier alpha value is -4.41. The summed E-state index contributed by atoms with van der Waals surface area (Å²) in [4.78, 5) is 19.3. The number of H-pyrrole nitrogens is 1. The van der Waals surface area contributed by atoms with Gasteiger partial charge < -0.3 is 4.74 Å². The predicted octanol–water partition coefficient (Wildman–Crippen LogP) is 4.99. The number of aromatic nitrogens is 2. The van der Waals surface area contributed by atoms with Gasteiger partial charge in [0.2, 0.25) is 5.95 Å². The molecule has 0 atom stereocenters. The summed E-state index contributed by atoms with van der Waals surface area (Å²) in [5, 5.41) is 14.2. The molecule has 0 fully saturated rings. The van der Waals surface area contributed by atoms with E-state index >= 15 is 0 Å². The van der Waals surface area contributed by atoms with E-state index in [1.165, 1.54) is 0 Å². The average molecular weight is 456 g/mol. The topological polar surface area (TPSA) is 103 Å². The second-order valence-electron chi connectivity index (χ2n) is 6.94. The molecule has 3 aromatic carbocycles. The second kappa shape index (κ2) is 10.3. The molecular weight excluding hydrogens is 438 g/mol. The van der Waals surface area contributed by atoms with Gasteiger partial charge in [0.05, 0.1) is 11.9 Å². The van der Waals surface area contributed by atoms with Gasteiger partial charge in [-0.15, -0.1) is 0 Å². The lowest BCUT2D eigenvalue weighted by Crippen LogP contribution is -2.16. The molecule has 0 saturated heterocycles. The molecule has 1 heterocycles. The summed E-state index contributed by atoms with van der Waals surface area (Å²) in [6, 6.07) is 25.8. The Morgan fingerprint density at radius 2 is 1.79 bits per heavy atom. The Labute approximate surface area is 195 Å². The third kappa shape index (κ3) is 5.45. The molecular formula is C25H18ClN5O2. The standard InChI is InChI=1S/C25H18ClN5O2/c26-20-12-10-17(11-13-20)16-33-22-9-5-4-8-19(22)15-28-31-25-29-23(18-6-2-1-3-7-18)21(14-27)24(32)30-25/h1-13,15H,16H2,(H2,29,30,31,32). The monoisotopic (exact) mass is 455 g/mol. The Kier molecular flexibility index (Phi) is 6.78. The first-order chi connectivity index (χ1) is 16.1. The van der Waals surface area contributed by atoms with Crippen molar-refractivity contribution in [2.45, 2.75) is 6.61 Å². The average Bonchev–Trinajstić information content (AvgIpc) is 2.84. The van der Waals surface area contributed by atoms with Crippen molar-refractivity contribution in [2.24, 2.45) is 5.10 Å². The van der Waals surface area contributed by atoms with E-state index in [-0.39, 0.29) is 17.2 Å². The summed E-state index contributed by atoms with van der Waals surface area (Å²) in [5.74, 6) is 0.762.